The topological polar surface area (TPSA) is 102 Å². The molecule has 0 atom stereocenters. The number of anilines is 1. The first-order chi connectivity index (χ1) is 16.9. The summed E-state index contributed by atoms with van der Waals surface area (Å²) in [6, 6.07) is 15.3. The molecule has 0 spiro atoms. The van der Waals surface area contributed by atoms with Gasteiger partial charge in [-0.3, -0.25) is 14.9 Å². The number of benzene rings is 2. The number of sulfonamides is 1. The van der Waals surface area contributed by atoms with Crippen molar-refractivity contribution in [1.29, 1.82) is 0 Å². The van der Waals surface area contributed by atoms with Gasteiger partial charge in [0.25, 0.3) is 5.91 Å². The zero-order valence-corrected chi connectivity index (χ0v) is 20.7. The number of nitrogens with one attached hydrogen (secondary N) is 1. The van der Waals surface area contributed by atoms with Gasteiger partial charge in [-0.25, -0.2) is 13.9 Å². The molecule has 10 heteroatoms. The largest absolute Gasteiger partial charge is 0.383 e. The minimum absolute atomic E-state index is 0.0922. The third-order valence-electron chi connectivity index (χ3n) is 6.61. The van der Waals surface area contributed by atoms with Gasteiger partial charge in [0, 0.05) is 64.2 Å². The van der Waals surface area contributed by atoms with Crippen molar-refractivity contribution in [2.45, 2.75) is 11.3 Å². The van der Waals surface area contributed by atoms with Crippen molar-refractivity contribution in [3.63, 3.8) is 0 Å². The van der Waals surface area contributed by atoms with Crippen LogP contribution in [0.4, 0.5) is 5.69 Å². The standard InChI is InChI=1S/C25H32N4O5S/c1-34-19-18-27-14-16-28(17-15-27)23-6-2-20(3-7-23)21-4-8-24(9-5-21)35(32,33)29-12-10-22(11-13-29)25(30)26-31/h2-10,31H,11-19H2,1H3,(H,26,30). The molecule has 2 aliphatic heterocycles. The Bertz CT molecular complexity index is 1140. The van der Waals surface area contributed by atoms with Gasteiger partial charge in [0.15, 0.2) is 0 Å². The van der Waals surface area contributed by atoms with E-state index < -0.39 is 15.9 Å². The molecule has 4 rings (SSSR count). The van der Waals surface area contributed by atoms with E-state index in [-0.39, 0.29) is 24.4 Å². The Balaban J connectivity index is 1.38. The number of hydrogen-bond donors (Lipinski definition) is 2. The van der Waals surface area contributed by atoms with E-state index in [0.29, 0.717) is 5.57 Å². The van der Waals surface area contributed by atoms with E-state index in [2.05, 4.69) is 34.1 Å². The van der Waals surface area contributed by atoms with Crippen molar-refractivity contribution in [2.75, 3.05) is 64.4 Å². The molecule has 2 aromatic carbocycles. The van der Waals surface area contributed by atoms with Gasteiger partial charge in [-0.2, -0.15) is 4.31 Å². The smallest absolute Gasteiger partial charge is 0.270 e. The van der Waals surface area contributed by atoms with Gasteiger partial charge in [0.05, 0.1) is 11.5 Å². The molecule has 9 nitrogen and oxygen atoms in total. The van der Waals surface area contributed by atoms with Crippen LogP contribution in [0.2, 0.25) is 0 Å². The molecule has 2 aromatic rings. The number of hydroxylamine groups is 1. The third-order valence-corrected chi connectivity index (χ3v) is 8.49. The van der Waals surface area contributed by atoms with E-state index in [4.69, 9.17) is 9.94 Å². The molecule has 2 aliphatic rings. The number of carbonyl (C=O) groups excluding carboxylic acids is 1. The summed E-state index contributed by atoms with van der Waals surface area (Å²) in [5.41, 5.74) is 5.12. The van der Waals surface area contributed by atoms with E-state index >= 15 is 0 Å². The molecular formula is C25H32N4O5S. The fourth-order valence-electron chi connectivity index (χ4n) is 4.43. The molecule has 2 heterocycles. The van der Waals surface area contributed by atoms with Gasteiger partial charge in [-0.1, -0.05) is 30.3 Å². The highest BCUT2D eigenvalue weighted by atomic mass is 32.2. The number of piperazine rings is 1. The Kier molecular flexibility index (Phi) is 8.19. The van der Waals surface area contributed by atoms with Crippen LogP contribution in [-0.2, 0) is 19.6 Å². The van der Waals surface area contributed by atoms with Crippen molar-refractivity contribution in [3.8, 4) is 11.1 Å². The molecule has 0 aromatic heterocycles. The molecule has 1 fully saturated rings. The predicted molar refractivity (Wildman–Crippen MR) is 134 cm³/mol. The monoisotopic (exact) mass is 500 g/mol. The summed E-state index contributed by atoms with van der Waals surface area (Å²) in [7, 11) is -1.94. The molecule has 1 amide bonds. The summed E-state index contributed by atoms with van der Waals surface area (Å²) in [6.45, 7) is 5.99. The first-order valence-corrected chi connectivity index (χ1v) is 13.2. The number of methoxy groups -OCH3 is 1. The Morgan fingerprint density at radius 1 is 0.971 bits per heavy atom. The van der Waals surface area contributed by atoms with Crippen LogP contribution >= 0.6 is 0 Å². The number of amides is 1. The van der Waals surface area contributed by atoms with Crippen molar-refractivity contribution < 1.29 is 23.2 Å². The molecule has 0 bridgehead atoms. The molecule has 2 N–H and O–H groups in total. The fourth-order valence-corrected chi connectivity index (χ4v) is 5.81. The zero-order chi connectivity index (χ0) is 24.8. The molecule has 0 aliphatic carbocycles. The van der Waals surface area contributed by atoms with E-state index in [1.165, 1.54) is 16.1 Å². The number of carbonyl (C=O) groups is 1. The summed E-state index contributed by atoms with van der Waals surface area (Å²) in [4.78, 5) is 16.5. The molecule has 0 unspecified atom stereocenters. The van der Waals surface area contributed by atoms with Crippen LogP contribution in [0.15, 0.2) is 65.1 Å². The molecule has 0 saturated carbocycles. The number of nitrogens with zero attached hydrogens (tertiary/aromatic N) is 3. The minimum Gasteiger partial charge on any atom is -0.383 e. The van der Waals surface area contributed by atoms with E-state index in [1.54, 1.807) is 24.7 Å². The Hall–Kier alpha value is -2.76. The molecular weight excluding hydrogens is 468 g/mol. The van der Waals surface area contributed by atoms with Crippen LogP contribution in [0.3, 0.4) is 0 Å². The van der Waals surface area contributed by atoms with E-state index in [9.17, 15) is 13.2 Å². The first-order valence-electron chi connectivity index (χ1n) is 11.7. The van der Waals surface area contributed by atoms with Crippen LogP contribution in [-0.4, -0.2) is 88.3 Å². The average Bonchev–Trinajstić information content (AvgIpc) is 2.92. The van der Waals surface area contributed by atoms with Crippen LogP contribution in [0.5, 0.6) is 0 Å². The summed E-state index contributed by atoms with van der Waals surface area (Å²) in [6.07, 6.45) is 1.78. The van der Waals surface area contributed by atoms with Crippen LogP contribution < -0.4 is 10.4 Å². The van der Waals surface area contributed by atoms with Crippen LogP contribution in [0.1, 0.15) is 6.42 Å². The number of rotatable bonds is 8. The van der Waals surface area contributed by atoms with Crippen molar-refractivity contribution in [1.82, 2.24) is 14.7 Å². The number of ether oxygens (including phenoxy) is 1. The summed E-state index contributed by atoms with van der Waals surface area (Å²) >= 11 is 0. The zero-order valence-electron chi connectivity index (χ0n) is 19.9. The highest BCUT2D eigenvalue weighted by Crippen LogP contribution is 2.27. The quantitative estimate of drug-likeness (QED) is 0.422. The minimum atomic E-state index is -3.67. The Morgan fingerprint density at radius 3 is 2.14 bits per heavy atom. The Labute approximate surface area is 206 Å². The van der Waals surface area contributed by atoms with Crippen LogP contribution in [0.25, 0.3) is 11.1 Å². The van der Waals surface area contributed by atoms with Gasteiger partial charge < -0.3 is 9.64 Å². The van der Waals surface area contributed by atoms with Crippen molar-refractivity contribution in [2.24, 2.45) is 0 Å². The highest BCUT2D eigenvalue weighted by Gasteiger charge is 2.27. The molecule has 35 heavy (non-hydrogen) atoms. The van der Waals surface area contributed by atoms with Gasteiger partial charge in [0.1, 0.15) is 0 Å². The predicted octanol–water partition coefficient (Wildman–Crippen LogP) is 1.95. The maximum Gasteiger partial charge on any atom is 0.270 e. The SMILES string of the molecule is COCCN1CCN(c2ccc(-c3ccc(S(=O)(=O)N4CC=C(C(=O)NO)CC4)cc3)cc2)CC1. The van der Waals surface area contributed by atoms with E-state index in [0.717, 1.165) is 50.5 Å². The number of hydrogen-bond acceptors (Lipinski definition) is 7. The van der Waals surface area contributed by atoms with Gasteiger partial charge in [-0.15, -0.1) is 0 Å². The van der Waals surface area contributed by atoms with Gasteiger partial charge >= 0.3 is 0 Å². The third kappa shape index (κ3) is 5.91. The Morgan fingerprint density at radius 2 is 1.60 bits per heavy atom. The lowest BCUT2D eigenvalue weighted by Gasteiger charge is -2.36. The van der Waals surface area contributed by atoms with Gasteiger partial charge in [-0.05, 0) is 41.8 Å². The molecule has 0 radical (unpaired) electrons. The summed E-state index contributed by atoms with van der Waals surface area (Å²) in [5.74, 6) is -0.596. The molecule has 188 valence electrons. The lowest BCUT2D eigenvalue weighted by molar-refractivity contribution is -0.125. The lowest BCUT2D eigenvalue weighted by atomic mass is 10.1. The second-order valence-corrected chi connectivity index (χ2v) is 10.6. The summed E-state index contributed by atoms with van der Waals surface area (Å²) in [5, 5.41) is 8.75. The maximum atomic E-state index is 13.0. The second-order valence-electron chi connectivity index (χ2n) is 8.68. The molecule has 1 saturated heterocycles. The maximum absolute atomic E-state index is 13.0. The fraction of sp³-hybridized carbons (Fsp3) is 0.400. The van der Waals surface area contributed by atoms with E-state index in [1.807, 2.05) is 12.1 Å². The van der Waals surface area contributed by atoms with Crippen LogP contribution in [0, 0.1) is 0 Å². The lowest BCUT2D eigenvalue weighted by Crippen LogP contribution is -2.47. The second kappa shape index (κ2) is 11.3. The summed E-state index contributed by atoms with van der Waals surface area (Å²) < 4.78 is 32.5. The normalized spacial score (nSPS) is 17.8. The first kappa shape index (κ1) is 25.3. The highest BCUT2D eigenvalue weighted by molar-refractivity contribution is 7.89. The average molecular weight is 501 g/mol. The van der Waals surface area contributed by atoms with Gasteiger partial charge in [0.2, 0.25) is 10.0 Å². The van der Waals surface area contributed by atoms with Crippen molar-refractivity contribution in [3.05, 3.63) is 60.2 Å². The van der Waals surface area contributed by atoms with Crippen molar-refractivity contribution >= 4 is 21.6 Å².